The molecule has 0 fully saturated rings. The predicted octanol–water partition coefficient (Wildman–Crippen LogP) is 3.49. The number of benzene rings is 2. The highest BCUT2D eigenvalue weighted by Gasteiger charge is 2.18. The molecule has 0 amide bonds. The maximum atomic E-state index is 12.5. The van der Waals surface area contributed by atoms with Gasteiger partial charge >= 0.3 is 0 Å². The van der Waals surface area contributed by atoms with Crippen LogP contribution in [0.15, 0.2) is 47.4 Å². The van der Waals surface area contributed by atoms with Gasteiger partial charge in [-0.3, -0.25) is 4.72 Å². The van der Waals surface area contributed by atoms with Gasteiger partial charge in [0, 0.05) is 12.1 Å². The molecule has 2 N–H and O–H groups in total. The standard InChI is InChI=1S/C14H15ClN2O2S/c1-10-11(15)6-5-8-12(10)17-20(18,19)14-9-4-3-7-13(14)16-2/h3-9,16-17H,1-2H3. The van der Waals surface area contributed by atoms with Crippen molar-refractivity contribution in [1.82, 2.24) is 0 Å². The minimum absolute atomic E-state index is 0.196. The molecule has 0 radical (unpaired) electrons. The number of hydrogen-bond donors (Lipinski definition) is 2. The molecule has 6 heteroatoms. The Morgan fingerprint density at radius 2 is 1.65 bits per heavy atom. The van der Waals surface area contributed by atoms with Crippen LogP contribution in [0.4, 0.5) is 11.4 Å². The molecule has 20 heavy (non-hydrogen) atoms. The second kappa shape index (κ2) is 5.73. The third kappa shape index (κ3) is 2.89. The van der Waals surface area contributed by atoms with E-state index in [2.05, 4.69) is 10.0 Å². The van der Waals surface area contributed by atoms with E-state index >= 15 is 0 Å². The second-order valence-corrected chi connectivity index (χ2v) is 6.32. The van der Waals surface area contributed by atoms with Crippen molar-refractivity contribution in [1.29, 1.82) is 0 Å². The Hall–Kier alpha value is -1.72. The zero-order chi connectivity index (χ0) is 14.8. The first-order valence-electron chi connectivity index (χ1n) is 6.00. The summed E-state index contributed by atoms with van der Waals surface area (Å²) in [5, 5.41) is 3.39. The number of rotatable bonds is 4. The molecule has 4 nitrogen and oxygen atoms in total. The lowest BCUT2D eigenvalue weighted by Gasteiger charge is -2.14. The van der Waals surface area contributed by atoms with Gasteiger partial charge in [0.25, 0.3) is 10.0 Å². The van der Waals surface area contributed by atoms with Crippen LogP contribution in [0.2, 0.25) is 5.02 Å². The van der Waals surface area contributed by atoms with Crippen molar-refractivity contribution in [2.75, 3.05) is 17.1 Å². The fourth-order valence-electron chi connectivity index (χ4n) is 1.83. The van der Waals surface area contributed by atoms with Crippen molar-refractivity contribution in [3.8, 4) is 0 Å². The number of nitrogens with one attached hydrogen (secondary N) is 2. The molecule has 0 unspecified atom stereocenters. The highest BCUT2D eigenvalue weighted by molar-refractivity contribution is 7.92. The van der Waals surface area contributed by atoms with Gasteiger partial charge in [0.15, 0.2) is 0 Å². The van der Waals surface area contributed by atoms with E-state index in [0.29, 0.717) is 22.0 Å². The fourth-order valence-corrected chi connectivity index (χ4v) is 3.34. The van der Waals surface area contributed by atoms with E-state index in [4.69, 9.17) is 11.6 Å². The van der Waals surface area contributed by atoms with Crippen LogP contribution in [0.25, 0.3) is 0 Å². The molecule has 2 rings (SSSR count). The SMILES string of the molecule is CNc1ccccc1S(=O)(=O)Nc1cccc(Cl)c1C. The van der Waals surface area contributed by atoms with Crippen LogP contribution < -0.4 is 10.0 Å². The first-order valence-corrected chi connectivity index (χ1v) is 7.86. The van der Waals surface area contributed by atoms with Crippen LogP contribution in [0.5, 0.6) is 0 Å². The Morgan fingerprint density at radius 3 is 2.35 bits per heavy atom. The van der Waals surface area contributed by atoms with Crippen molar-refractivity contribution < 1.29 is 8.42 Å². The van der Waals surface area contributed by atoms with Gasteiger partial charge in [-0.2, -0.15) is 0 Å². The zero-order valence-electron chi connectivity index (χ0n) is 11.1. The molecule has 2 aromatic carbocycles. The molecule has 0 aromatic heterocycles. The number of anilines is 2. The third-order valence-electron chi connectivity index (χ3n) is 2.96. The molecular formula is C14H15ClN2O2S. The van der Waals surface area contributed by atoms with E-state index in [1.165, 1.54) is 0 Å². The van der Waals surface area contributed by atoms with Gasteiger partial charge in [-0.25, -0.2) is 8.42 Å². The summed E-state index contributed by atoms with van der Waals surface area (Å²) in [6.07, 6.45) is 0. The molecule has 0 atom stereocenters. The molecule has 2 aromatic rings. The quantitative estimate of drug-likeness (QED) is 0.909. The molecule has 0 aliphatic heterocycles. The molecule has 0 spiro atoms. The Morgan fingerprint density at radius 1 is 1.00 bits per heavy atom. The first kappa shape index (κ1) is 14.7. The Balaban J connectivity index is 2.44. The number of halogens is 1. The van der Waals surface area contributed by atoms with Crippen LogP contribution in [0, 0.1) is 6.92 Å². The normalized spacial score (nSPS) is 11.2. The van der Waals surface area contributed by atoms with Gasteiger partial charge < -0.3 is 5.32 Å². The molecule has 0 bridgehead atoms. The van der Waals surface area contributed by atoms with E-state index in [-0.39, 0.29) is 4.90 Å². The van der Waals surface area contributed by atoms with E-state index in [1.807, 2.05) is 0 Å². The van der Waals surface area contributed by atoms with Crippen LogP contribution in [0.3, 0.4) is 0 Å². The highest BCUT2D eigenvalue weighted by Crippen LogP contribution is 2.27. The molecular weight excluding hydrogens is 296 g/mol. The van der Waals surface area contributed by atoms with Crippen molar-refractivity contribution in [2.24, 2.45) is 0 Å². The summed E-state index contributed by atoms with van der Waals surface area (Å²) in [4.78, 5) is 0.196. The maximum Gasteiger partial charge on any atom is 0.263 e. The van der Waals surface area contributed by atoms with Crippen LogP contribution in [-0.2, 0) is 10.0 Å². The summed E-state index contributed by atoms with van der Waals surface area (Å²) < 4.78 is 27.5. The molecule has 0 saturated carbocycles. The summed E-state index contributed by atoms with van der Waals surface area (Å²) in [5.74, 6) is 0. The topological polar surface area (TPSA) is 58.2 Å². The van der Waals surface area contributed by atoms with Crippen molar-refractivity contribution >= 4 is 33.0 Å². The minimum Gasteiger partial charge on any atom is -0.387 e. The molecule has 0 heterocycles. The van der Waals surface area contributed by atoms with Gasteiger partial charge in [0.1, 0.15) is 4.90 Å². The maximum absolute atomic E-state index is 12.5. The first-order chi connectivity index (χ1) is 9.45. The molecule has 0 aliphatic carbocycles. The summed E-state index contributed by atoms with van der Waals surface area (Å²) in [6.45, 7) is 1.77. The van der Waals surface area contributed by atoms with Crippen molar-refractivity contribution in [2.45, 2.75) is 11.8 Å². The van der Waals surface area contributed by atoms with Crippen LogP contribution in [-0.4, -0.2) is 15.5 Å². The second-order valence-electron chi connectivity index (χ2n) is 4.26. The lowest BCUT2D eigenvalue weighted by atomic mass is 10.2. The number of para-hydroxylation sites is 1. The van der Waals surface area contributed by atoms with E-state index < -0.39 is 10.0 Å². The fraction of sp³-hybridized carbons (Fsp3) is 0.143. The minimum atomic E-state index is -3.67. The highest BCUT2D eigenvalue weighted by atomic mass is 35.5. The van der Waals surface area contributed by atoms with E-state index in [0.717, 1.165) is 0 Å². The van der Waals surface area contributed by atoms with Gasteiger partial charge in [-0.1, -0.05) is 29.8 Å². The summed E-state index contributed by atoms with van der Waals surface area (Å²) in [7, 11) is -1.99. The molecule has 106 valence electrons. The summed E-state index contributed by atoms with van der Waals surface area (Å²) in [6, 6.07) is 11.8. The number of sulfonamides is 1. The van der Waals surface area contributed by atoms with Gasteiger partial charge in [-0.05, 0) is 36.8 Å². The van der Waals surface area contributed by atoms with Crippen molar-refractivity contribution in [3.05, 3.63) is 53.1 Å². The smallest absolute Gasteiger partial charge is 0.263 e. The van der Waals surface area contributed by atoms with Gasteiger partial charge in [0.2, 0.25) is 0 Å². The average Bonchev–Trinajstić information content (AvgIpc) is 2.43. The number of hydrogen-bond acceptors (Lipinski definition) is 3. The largest absolute Gasteiger partial charge is 0.387 e. The Labute approximate surface area is 123 Å². The molecule has 0 saturated heterocycles. The third-order valence-corrected chi connectivity index (χ3v) is 4.79. The predicted molar refractivity (Wildman–Crippen MR) is 83.0 cm³/mol. The lowest BCUT2D eigenvalue weighted by molar-refractivity contribution is 0.601. The summed E-state index contributed by atoms with van der Waals surface area (Å²) in [5.41, 5.74) is 1.71. The van der Waals surface area contributed by atoms with Gasteiger partial charge in [0.05, 0.1) is 11.4 Å². The van der Waals surface area contributed by atoms with Crippen LogP contribution >= 0.6 is 11.6 Å². The average molecular weight is 311 g/mol. The Bertz CT molecular complexity index is 730. The monoisotopic (exact) mass is 310 g/mol. The van der Waals surface area contributed by atoms with E-state index in [1.54, 1.807) is 56.4 Å². The van der Waals surface area contributed by atoms with E-state index in [9.17, 15) is 8.42 Å². The van der Waals surface area contributed by atoms with Crippen LogP contribution in [0.1, 0.15) is 5.56 Å². The molecule has 0 aliphatic rings. The zero-order valence-corrected chi connectivity index (χ0v) is 12.7. The lowest BCUT2D eigenvalue weighted by Crippen LogP contribution is -2.15. The van der Waals surface area contributed by atoms with Crippen molar-refractivity contribution in [3.63, 3.8) is 0 Å². The Kier molecular flexibility index (Phi) is 4.20. The summed E-state index contributed by atoms with van der Waals surface area (Å²) >= 11 is 6.00. The van der Waals surface area contributed by atoms with Gasteiger partial charge in [-0.15, -0.1) is 0 Å².